The van der Waals surface area contributed by atoms with E-state index in [0.29, 0.717) is 10.8 Å². The van der Waals surface area contributed by atoms with Gasteiger partial charge in [-0.15, -0.1) is 0 Å². The third kappa shape index (κ3) is 2.77. The van der Waals surface area contributed by atoms with Crippen LogP contribution < -0.4 is 5.32 Å². The van der Waals surface area contributed by atoms with Crippen LogP contribution in [0.5, 0.6) is 0 Å². The van der Waals surface area contributed by atoms with E-state index in [-0.39, 0.29) is 0 Å². The molecule has 1 N–H and O–H groups in total. The van der Waals surface area contributed by atoms with Crippen LogP contribution in [0.25, 0.3) is 0 Å². The number of fused-ring (bicyclic) bond motifs is 1. The molecule has 0 radical (unpaired) electrons. The number of aromatic nitrogens is 2. The lowest BCUT2D eigenvalue weighted by Crippen LogP contribution is -2.41. The monoisotopic (exact) mass is 293 g/mol. The predicted octanol–water partition coefficient (Wildman–Crippen LogP) is 3.45. The Bertz CT molecular complexity index is 449. The van der Waals surface area contributed by atoms with Crippen molar-refractivity contribution in [1.82, 2.24) is 15.1 Å². The van der Waals surface area contributed by atoms with Crippen molar-refractivity contribution < 1.29 is 0 Å². The molecule has 1 fully saturated rings. The maximum absolute atomic E-state index is 4.45. The lowest BCUT2D eigenvalue weighted by atomic mass is 9.87. The molecule has 1 aromatic heterocycles. The van der Waals surface area contributed by atoms with Gasteiger partial charge in [0, 0.05) is 35.6 Å². The van der Waals surface area contributed by atoms with E-state index < -0.39 is 0 Å². The highest BCUT2D eigenvalue weighted by Gasteiger charge is 2.32. The fraction of sp³-hybridized carbons (Fsp3) is 0.812. The van der Waals surface area contributed by atoms with Crippen molar-refractivity contribution in [3.05, 3.63) is 17.5 Å². The molecule has 20 heavy (non-hydrogen) atoms. The minimum atomic E-state index is 0.484. The Morgan fingerprint density at radius 2 is 2.15 bits per heavy atom. The van der Waals surface area contributed by atoms with E-state index in [4.69, 9.17) is 0 Å². The molecular weight excluding hydrogens is 266 g/mol. The number of hydrogen-bond donors (Lipinski definition) is 1. The minimum absolute atomic E-state index is 0.484. The number of rotatable bonds is 4. The third-order valence-corrected chi connectivity index (χ3v) is 6.66. The van der Waals surface area contributed by atoms with Gasteiger partial charge in [-0.1, -0.05) is 19.3 Å². The first-order chi connectivity index (χ1) is 9.74. The zero-order valence-electron chi connectivity index (χ0n) is 12.8. The van der Waals surface area contributed by atoms with Crippen molar-refractivity contribution in [3.63, 3.8) is 0 Å². The summed E-state index contributed by atoms with van der Waals surface area (Å²) >= 11 is 2.08. The summed E-state index contributed by atoms with van der Waals surface area (Å²) in [6.45, 7) is 1.16. The van der Waals surface area contributed by atoms with Gasteiger partial charge in [-0.2, -0.15) is 16.9 Å². The van der Waals surface area contributed by atoms with E-state index in [9.17, 15) is 0 Å². The second-order valence-electron chi connectivity index (χ2n) is 6.44. The van der Waals surface area contributed by atoms with Gasteiger partial charge < -0.3 is 5.32 Å². The van der Waals surface area contributed by atoms with Gasteiger partial charge in [-0.25, -0.2) is 0 Å². The zero-order valence-corrected chi connectivity index (χ0v) is 13.6. The van der Waals surface area contributed by atoms with Gasteiger partial charge in [-0.05, 0) is 38.4 Å². The van der Waals surface area contributed by atoms with E-state index in [1.165, 1.54) is 62.6 Å². The van der Waals surface area contributed by atoms with Crippen LogP contribution >= 0.6 is 11.8 Å². The molecule has 3 nitrogen and oxygen atoms in total. The van der Waals surface area contributed by atoms with Crippen molar-refractivity contribution in [2.24, 2.45) is 7.05 Å². The predicted molar refractivity (Wildman–Crippen MR) is 86.2 cm³/mol. The normalized spacial score (nSPS) is 25.4. The lowest BCUT2D eigenvalue weighted by molar-refractivity contribution is 0.350. The average molecular weight is 293 g/mol. The molecule has 0 amide bonds. The Morgan fingerprint density at radius 1 is 1.35 bits per heavy atom. The second kappa shape index (κ2) is 6.10. The summed E-state index contributed by atoms with van der Waals surface area (Å²) in [5.74, 6) is 0. The topological polar surface area (TPSA) is 29.9 Å². The molecule has 1 aromatic rings. The first-order valence-electron chi connectivity index (χ1n) is 8.03. The highest BCUT2D eigenvalue weighted by molar-refractivity contribution is 8.00. The molecule has 2 aliphatic carbocycles. The average Bonchev–Trinajstić information content (AvgIpc) is 2.88. The Labute approximate surface area is 126 Å². The molecule has 0 aromatic carbocycles. The number of aryl methyl sites for hydroxylation is 1. The van der Waals surface area contributed by atoms with E-state index in [2.05, 4.69) is 46.4 Å². The Morgan fingerprint density at radius 3 is 2.90 bits per heavy atom. The molecule has 0 aliphatic heterocycles. The van der Waals surface area contributed by atoms with Crippen LogP contribution in [0, 0.1) is 0 Å². The first-order valence-corrected chi connectivity index (χ1v) is 9.26. The highest BCUT2D eigenvalue weighted by Crippen LogP contribution is 2.39. The van der Waals surface area contributed by atoms with Crippen LogP contribution in [0.2, 0.25) is 0 Å². The summed E-state index contributed by atoms with van der Waals surface area (Å²) in [5.41, 5.74) is 2.89. The van der Waals surface area contributed by atoms with Gasteiger partial charge in [0.2, 0.25) is 0 Å². The van der Waals surface area contributed by atoms with E-state index in [1.807, 2.05) is 0 Å². The molecule has 0 bridgehead atoms. The molecular formula is C16H27N3S. The lowest BCUT2D eigenvalue weighted by Gasteiger charge is -2.38. The van der Waals surface area contributed by atoms with Crippen molar-refractivity contribution in [2.45, 2.75) is 62.2 Å². The standard InChI is InChI=1S/C16H27N3S/c1-19-15-8-6-7-14(13(15)11-18-19)17-12-16(20-2)9-4-3-5-10-16/h11,14,17H,3-10,12H2,1-2H3. The third-order valence-electron chi connectivity index (χ3n) is 5.24. The smallest absolute Gasteiger partial charge is 0.0540 e. The Kier molecular flexibility index (Phi) is 4.41. The first kappa shape index (κ1) is 14.5. The number of nitrogens with zero attached hydrogens (tertiary/aromatic N) is 2. The summed E-state index contributed by atoms with van der Waals surface area (Å²) in [6, 6.07) is 0.526. The molecule has 1 atom stereocenters. The van der Waals surface area contributed by atoms with Crippen LogP contribution in [0.3, 0.4) is 0 Å². The van der Waals surface area contributed by atoms with Gasteiger partial charge in [0.05, 0.1) is 6.20 Å². The summed E-state index contributed by atoms with van der Waals surface area (Å²) in [4.78, 5) is 0. The highest BCUT2D eigenvalue weighted by atomic mass is 32.2. The summed E-state index contributed by atoms with van der Waals surface area (Å²) in [6.07, 6.45) is 15.1. The van der Waals surface area contributed by atoms with Crippen LogP contribution in [0.1, 0.15) is 62.2 Å². The summed E-state index contributed by atoms with van der Waals surface area (Å²) in [7, 11) is 2.08. The molecule has 0 saturated heterocycles. The van der Waals surface area contributed by atoms with Crippen LogP contribution in [0.4, 0.5) is 0 Å². The van der Waals surface area contributed by atoms with E-state index >= 15 is 0 Å². The maximum Gasteiger partial charge on any atom is 0.0540 e. The SMILES string of the molecule is CSC1(CNC2CCCc3c2cnn3C)CCCCC1. The summed E-state index contributed by atoms with van der Waals surface area (Å²) < 4.78 is 2.55. The molecule has 4 heteroatoms. The van der Waals surface area contributed by atoms with E-state index in [0.717, 1.165) is 6.54 Å². The Balaban J connectivity index is 1.66. The fourth-order valence-electron chi connectivity index (χ4n) is 3.88. The fourth-order valence-corrected chi connectivity index (χ4v) is 4.80. The molecule has 0 spiro atoms. The van der Waals surface area contributed by atoms with Gasteiger partial charge >= 0.3 is 0 Å². The molecule has 1 saturated carbocycles. The molecule has 1 unspecified atom stereocenters. The second-order valence-corrected chi connectivity index (χ2v) is 7.72. The largest absolute Gasteiger partial charge is 0.308 e. The van der Waals surface area contributed by atoms with Gasteiger partial charge in [0.1, 0.15) is 0 Å². The van der Waals surface area contributed by atoms with Crippen LogP contribution in [-0.2, 0) is 13.5 Å². The van der Waals surface area contributed by atoms with Crippen molar-refractivity contribution in [1.29, 1.82) is 0 Å². The van der Waals surface area contributed by atoms with Crippen molar-refractivity contribution >= 4 is 11.8 Å². The molecule has 1 heterocycles. The number of thioether (sulfide) groups is 1. The van der Waals surface area contributed by atoms with E-state index in [1.54, 1.807) is 0 Å². The zero-order chi connectivity index (χ0) is 14.0. The molecule has 112 valence electrons. The Hall–Kier alpha value is -0.480. The maximum atomic E-state index is 4.45. The molecule has 2 aliphatic rings. The summed E-state index contributed by atoms with van der Waals surface area (Å²) in [5, 5.41) is 8.33. The van der Waals surface area contributed by atoms with Crippen LogP contribution in [-0.4, -0.2) is 27.3 Å². The van der Waals surface area contributed by atoms with Crippen molar-refractivity contribution in [3.8, 4) is 0 Å². The minimum Gasteiger partial charge on any atom is -0.308 e. The van der Waals surface area contributed by atoms with Crippen LogP contribution in [0.15, 0.2) is 6.20 Å². The van der Waals surface area contributed by atoms with Gasteiger partial charge in [-0.3, -0.25) is 4.68 Å². The number of nitrogens with one attached hydrogen (secondary N) is 1. The molecule has 3 rings (SSSR count). The van der Waals surface area contributed by atoms with Crippen molar-refractivity contribution in [2.75, 3.05) is 12.8 Å². The number of hydrogen-bond acceptors (Lipinski definition) is 3. The quantitative estimate of drug-likeness (QED) is 0.922. The van der Waals surface area contributed by atoms with Gasteiger partial charge in [0.25, 0.3) is 0 Å². The van der Waals surface area contributed by atoms with Gasteiger partial charge in [0.15, 0.2) is 0 Å².